The SMILES string of the molecule is Cc1csc(=Nc2cccnc2)n1C1CCCc2ccccc21. The molecule has 1 aliphatic rings. The molecule has 0 radical (unpaired) electrons. The van der Waals surface area contributed by atoms with Crippen molar-refractivity contribution in [2.75, 3.05) is 0 Å². The number of thiazole rings is 1. The summed E-state index contributed by atoms with van der Waals surface area (Å²) in [5, 5.41) is 2.20. The lowest BCUT2D eigenvalue weighted by molar-refractivity contribution is 0.474. The summed E-state index contributed by atoms with van der Waals surface area (Å²) in [6, 6.07) is 13.2. The normalized spacial score (nSPS) is 18.0. The number of pyridine rings is 1. The van der Waals surface area contributed by atoms with Crippen LogP contribution < -0.4 is 4.80 Å². The second-order valence-corrected chi connectivity index (χ2v) is 6.80. The summed E-state index contributed by atoms with van der Waals surface area (Å²) in [7, 11) is 0. The highest BCUT2D eigenvalue weighted by Crippen LogP contribution is 2.33. The molecule has 0 fully saturated rings. The minimum Gasteiger partial charge on any atom is -0.314 e. The van der Waals surface area contributed by atoms with E-state index in [0.29, 0.717) is 6.04 Å². The van der Waals surface area contributed by atoms with Gasteiger partial charge in [-0.2, -0.15) is 0 Å². The van der Waals surface area contributed by atoms with Gasteiger partial charge in [-0.3, -0.25) is 4.98 Å². The third kappa shape index (κ3) is 2.75. The maximum atomic E-state index is 4.83. The van der Waals surface area contributed by atoms with Gasteiger partial charge in [0.15, 0.2) is 4.80 Å². The zero-order chi connectivity index (χ0) is 15.6. The lowest BCUT2D eigenvalue weighted by Crippen LogP contribution is -2.26. The Balaban J connectivity index is 1.85. The minimum atomic E-state index is 0.390. The summed E-state index contributed by atoms with van der Waals surface area (Å²) >= 11 is 1.71. The fourth-order valence-electron chi connectivity index (χ4n) is 3.39. The number of benzene rings is 1. The molecule has 0 amide bonds. The number of hydrogen-bond donors (Lipinski definition) is 0. The zero-order valence-corrected chi connectivity index (χ0v) is 14.0. The van der Waals surface area contributed by atoms with Gasteiger partial charge in [0.1, 0.15) is 0 Å². The predicted molar refractivity (Wildman–Crippen MR) is 94.0 cm³/mol. The first-order chi connectivity index (χ1) is 11.3. The molecule has 3 nitrogen and oxygen atoms in total. The predicted octanol–water partition coefficient (Wildman–Crippen LogP) is 4.41. The van der Waals surface area contributed by atoms with Gasteiger partial charge in [0.2, 0.25) is 0 Å². The first-order valence-corrected chi connectivity index (χ1v) is 8.90. The van der Waals surface area contributed by atoms with E-state index in [-0.39, 0.29) is 0 Å². The van der Waals surface area contributed by atoms with E-state index >= 15 is 0 Å². The van der Waals surface area contributed by atoms with Crippen LogP contribution in [0.5, 0.6) is 0 Å². The van der Waals surface area contributed by atoms with Crippen molar-refractivity contribution in [1.82, 2.24) is 9.55 Å². The molecular formula is C19H19N3S. The molecule has 4 rings (SSSR count). The van der Waals surface area contributed by atoms with Gasteiger partial charge in [-0.15, -0.1) is 11.3 Å². The monoisotopic (exact) mass is 321 g/mol. The molecule has 0 saturated heterocycles. The molecule has 1 unspecified atom stereocenters. The molecule has 3 aromatic rings. The van der Waals surface area contributed by atoms with E-state index in [1.54, 1.807) is 17.5 Å². The number of nitrogens with zero attached hydrogens (tertiary/aromatic N) is 3. The van der Waals surface area contributed by atoms with Crippen LogP contribution >= 0.6 is 11.3 Å². The van der Waals surface area contributed by atoms with Crippen LogP contribution in [0.1, 0.15) is 35.7 Å². The first kappa shape index (κ1) is 14.4. The molecule has 4 heteroatoms. The number of fused-ring (bicyclic) bond motifs is 1. The van der Waals surface area contributed by atoms with Crippen molar-refractivity contribution in [2.45, 2.75) is 32.2 Å². The molecule has 116 valence electrons. The Bertz CT molecular complexity index is 877. The molecule has 0 aliphatic heterocycles. The van der Waals surface area contributed by atoms with Crippen molar-refractivity contribution in [2.24, 2.45) is 4.99 Å². The Morgan fingerprint density at radius 3 is 3.00 bits per heavy atom. The Hall–Kier alpha value is -2.20. The van der Waals surface area contributed by atoms with Crippen LogP contribution in [0.3, 0.4) is 0 Å². The number of hydrogen-bond acceptors (Lipinski definition) is 3. The Kier molecular flexibility index (Phi) is 3.83. The highest BCUT2D eigenvalue weighted by atomic mass is 32.1. The summed E-state index contributed by atoms with van der Waals surface area (Å²) in [5.41, 5.74) is 5.12. The smallest absolute Gasteiger partial charge is 0.190 e. The highest BCUT2D eigenvalue weighted by molar-refractivity contribution is 7.07. The summed E-state index contributed by atoms with van der Waals surface area (Å²) < 4.78 is 2.40. The van der Waals surface area contributed by atoms with Crippen molar-refractivity contribution in [1.29, 1.82) is 0 Å². The van der Waals surface area contributed by atoms with Crippen molar-refractivity contribution in [3.8, 4) is 0 Å². The second-order valence-electron chi connectivity index (χ2n) is 5.96. The van der Waals surface area contributed by atoms with Crippen LogP contribution in [-0.2, 0) is 6.42 Å². The average molecular weight is 321 g/mol. The molecule has 0 N–H and O–H groups in total. The van der Waals surface area contributed by atoms with Gasteiger partial charge in [0.05, 0.1) is 17.9 Å². The van der Waals surface area contributed by atoms with Gasteiger partial charge in [-0.05, 0) is 49.4 Å². The maximum Gasteiger partial charge on any atom is 0.190 e. The summed E-state index contributed by atoms with van der Waals surface area (Å²) in [6.45, 7) is 2.18. The van der Waals surface area contributed by atoms with Gasteiger partial charge in [-0.25, -0.2) is 4.99 Å². The van der Waals surface area contributed by atoms with Crippen LogP contribution in [0.25, 0.3) is 0 Å². The number of aryl methyl sites for hydroxylation is 2. The summed E-state index contributed by atoms with van der Waals surface area (Å²) in [4.78, 5) is 10.0. The van der Waals surface area contributed by atoms with Gasteiger partial charge in [0, 0.05) is 17.3 Å². The fraction of sp³-hybridized carbons (Fsp3) is 0.263. The highest BCUT2D eigenvalue weighted by Gasteiger charge is 2.23. The number of rotatable bonds is 2. The molecule has 2 aromatic heterocycles. The molecule has 1 atom stereocenters. The van der Waals surface area contributed by atoms with Crippen LogP contribution in [0, 0.1) is 6.92 Å². The van der Waals surface area contributed by atoms with Crippen molar-refractivity contribution >= 4 is 17.0 Å². The molecule has 0 bridgehead atoms. The van der Waals surface area contributed by atoms with Crippen molar-refractivity contribution in [3.05, 3.63) is 75.8 Å². The van der Waals surface area contributed by atoms with Crippen LogP contribution in [0.15, 0.2) is 59.2 Å². The molecular weight excluding hydrogens is 302 g/mol. The second kappa shape index (κ2) is 6.13. The molecule has 0 saturated carbocycles. The largest absolute Gasteiger partial charge is 0.314 e. The van der Waals surface area contributed by atoms with Gasteiger partial charge in [-0.1, -0.05) is 24.3 Å². The lowest BCUT2D eigenvalue weighted by Gasteiger charge is -2.27. The maximum absolute atomic E-state index is 4.83. The van der Waals surface area contributed by atoms with E-state index in [2.05, 4.69) is 46.1 Å². The van der Waals surface area contributed by atoms with Gasteiger partial charge < -0.3 is 4.57 Å². The third-order valence-electron chi connectivity index (χ3n) is 4.44. The first-order valence-electron chi connectivity index (χ1n) is 8.02. The molecule has 0 spiro atoms. The topological polar surface area (TPSA) is 30.2 Å². The van der Waals surface area contributed by atoms with E-state index in [1.165, 1.54) is 36.1 Å². The Morgan fingerprint density at radius 1 is 1.22 bits per heavy atom. The standard InChI is InChI=1S/C19H19N3S/c1-14-13-23-19(21-16-8-5-11-20-12-16)22(14)18-10-4-7-15-6-2-3-9-17(15)18/h2-3,5-6,8-9,11-13,18H,4,7,10H2,1H3. The summed E-state index contributed by atoms with van der Waals surface area (Å²) in [6.07, 6.45) is 7.19. The zero-order valence-electron chi connectivity index (χ0n) is 13.1. The van der Waals surface area contributed by atoms with E-state index in [0.717, 1.165) is 10.5 Å². The quantitative estimate of drug-likeness (QED) is 0.687. The van der Waals surface area contributed by atoms with Crippen LogP contribution in [0.2, 0.25) is 0 Å². The van der Waals surface area contributed by atoms with Crippen LogP contribution in [0.4, 0.5) is 5.69 Å². The summed E-state index contributed by atoms with van der Waals surface area (Å²) in [5.74, 6) is 0. The average Bonchev–Trinajstić information content (AvgIpc) is 2.95. The van der Waals surface area contributed by atoms with Crippen LogP contribution in [-0.4, -0.2) is 9.55 Å². The number of aromatic nitrogens is 2. The van der Waals surface area contributed by atoms with Crippen molar-refractivity contribution in [3.63, 3.8) is 0 Å². The molecule has 2 heterocycles. The Morgan fingerprint density at radius 2 is 2.13 bits per heavy atom. The van der Waals surface area contributed by atoms with Gasteiger partial charge >= 0.3 is 0 Å². The fourth-order valence-corrected chi connectivity index (χ4v) is 4.32. The molecule has 23 heavy (non-hydrogen) atoms. The van der Waals surface area contributed by atoms with E-state index in [9.17, 15) is 0 Å². The van der Waals surface area contributed by atoms with E-state index in [1.807, 2.05) is 18.3 Å². The third-order valence-corrected chi connectivity index (χ3v) is 5.40. The molecule has 1 aliphatic carbocycles. The van der Waals surface area contributed by atoms with E-state index < -0.39 is 0 Å². The Labute approximate surface area is 140 Å². The van der Waals surface area contributed by atoms with Gasteiger partial charge in [0.25, 0.3) is 0 Å². The van der Waals surface area contributed by atoms with Crippen molar-refractivity contribution < 1.29 is 0 Å². The minimum absolute atomic E-state index is 0.390. The lowest BCUT2D eigenvalue weighted by atomic mass is 9.87. The van der Waals surface area contributed by atoms with E-state index in [4.69, 9.17) is 4.99 Å². The molecule has 1 aromatic carbocycles.